The number of carbonyl (C=O) groups excluding carboxylic acids is 2. The molecule has 2 unspecified atom stereocenters. The molecular weight excluding hydrogens is 822 g/mol. The molecule has 0 saturated heterocycles. The number of hydrogen-bond acceptors (Lipinski definition) is 8. The van der Waals surface area contributed by atoms with E-state index in [0.717, 1.165) is 83.5 Å². The number of allylic oxidation sites excluding steroid dienone is 10. The van der Waals surface area contributed by atoms with E-state index >= 15 is 0 Å². The minimum Gasteiger partial charge on any atom is -0.462 e. The monoisotopic (exact) mass is 920 g/mol. The van der Waals surface area contributed by atoms with E-state index in [1.54, 1.807) is 0 Å². The highest BCUT2D eigenvalue weighted by molar-refractivity contribution is 7.47. The predicted octanol–water partition coefficient (Wildman–Crippen LogP) is 16.0. The summed E-state index contributed by atoms with van der Waals surface area (Å²) in [6.45, 7) is 3.60. The molecule has 372 valence electrons. The van der Waals surface area contributed by atoms with Crippen molar-refractivity contribution in [1.29, 1.82) is 0 Å². The van der Waals surface area contributed by atoms with Gasteiger partial charge in [-0.15, -0.1) is 0 Å². The van der Waals surface area contributed by atoms with Crippen LogP contribution < -0.4 is 5.73 Å². The standard InChI is InChI=1S/C54H98NO8P/c1-3-5-7-9-11-13-15-17-18-19-20-21-22-23-24-25-26-27-28-29-30-31-32-33-34-35-37-39-41-43-45-47-54(57)63-52(51-62-64(58,59)61-49-48-55)50-60-53(56)46-44-42-40-38-36-16-14-12-10-8-6-4-2/h5,7,11-14,17-18,20-21,52H,3-4,6,8-10,15-16,19,22-51,55H2,1-2H3,(H,58,59)/b7-5-,13-11-,14-12-,18-17-,21-20-. The summed E-state index contributed by atoms with van der Waals surface area (Å²) in [5.41, 5.74) is 5.36. The molecule has 0 heterocycles. The van der Waals surface area contributed by atoms with Gasteiger partial charge in [-0.2, -0.15) is 0 Å². The zero-order chi connectivity index (χ0) is 46.7. The number of hydrogen-bond donors (Lipinski definition) is 2. The molecule has 10 heteroatoms. The Kier molecular flexibility index (Phi) is 48.3. The van der Waals surface area contributed by atoms with Crippen LogP contribution >= 0.6 is 7.82 Å². The Morgan fingerprint density at radius 3 is 1.30 bits per heavy atom. The number of rotatable bonds is 49. The number of nitrogens with two attached hydrogens (primary N) is 1. The quantitative estimate of drug-likeness (QED) is 0.0265. The highest BCUT2D eigenvalue weighted by Crippen LogP contribution is 2.43. The second-order valence-electron chi connectivity index (χ2n) is 17.4. The first-order valence-electron chi connectivity index (χ1n) is 26.3. The molecule has 9 nitrogen and oxygen atoms in total. The average Bonchev–Trinajstić information content (AvgIpc) is 3.28. The van der Waals surface area contributed by atoms with E-state index in [1.807, 2.05) is 0 Å². The van der Waals surface area contributed by atoms with Gasteiger partial charge in [-0.3, -0.25) is 18.6 Å². The van der Waals surface area contributed by atoms with Gasteiger partial charge in [0.05, 0.1) is 13.2 Å². The summed E-state index contributed by atoms with van der Waals surface area (Å²) < 4.78 is 32.9. The highest BCUT2D eigenvalue weighted by atomic mass is 31.2. The number of phosphoric acid groups is 1. The summed E-state index contributed by atoms with van der Waals surface area (Å²) in [4.78, 5) is 35.0. The van der Waals surface area contributed by atoms with Crippen molar-refractivity contribution in [2.75, 3.05) is 26.4 Å². The van der Waals surface area contributed by atoms with Gasteiger partial charge in [0.1, 0.15) is 6.61 Å². The maximum Gasteiger partial charge on any atom is 0.472 e. The molecule has 64 heavy (non-hydrogen) atoms. The van der Waals surface area contributed by atoms with Crippen LogP contribution in [-0.2, 0) is 32.7 Å². The summed E-state index contributed by atoms with van der Waals surface area (Å²) in [7, 11) is -4.38. The topological polar surface area (TPSA) is 134 Å². The Hall–Kier alpha value is -2.29. The average molecular weight is 920 g/mol. The first-order valence-corrected chi connectivity index (χ1v) is 27.8. The molecule has 0 spiro atoms. The van der Waals surface area contributed by atoms with Crippen LogP contribution in [0.25, 0.3) is 0 Å². The minimum atomic E-state index is -4.38. The molecule has 0 amide bonds. The lowest BCUT2D eigenvalue weighted by Gasteiger charge is -2.19. The third-order valence-electron chi connectivity index (χ3n) is 11.1. The van der Waals surface area contributed by atoms with Crippen molar-refractivity contribution in [1.82, 2.24) is 0 Å². The van der Waals surface area contributed by atoms with Crippen molar-refractivity contribution < 1.29 is 37.6 Å². The Labute approximate surface area is 393 Å². The van der Waals surface area contributed by atoms with Crippen LogP contribution in [0.1, 0.15) is 239 Å². The third-order valence-corrected chi connectivity index (χ3v) is 12.1. The van der Waals surface area contributed by atoms with Crippen molar-refractivity contribution >= 4 is 19.8 Å². The van der Waals surface area contributed by atoms with E-state index in [9.17, 15) is 19.0 Å². The molecular formula is C54H98NO8P. The van der Waals surface area contributed by atoms with Gasteiger partial charge in [-0.05, 0) is 77.0 Å². The number of phosphoric ester groups is 1. The second-order valence-corrected chi connectivity index (χ2v) is 18.8. The van der Waals surface area contributed by atoms with Gasteiger partial charge >= 0.3 is 19.8 Å². The number of esters is 2. The van der Waals surface area contributed by atoms with E-state index in [2.05, 4.69) is 74.6 Å². The van der Waals surface area contributed by atoms with Crippen LogP contribution in [0.5, 0.6) is 0 Å². The number of carbonyl (C=O) groups is 2. The summed E-state index contributed by atoms with van der Waals surface area (Å²) in [5, 5.41) is 0. The van der Waals surface area contributed by atoms with Gasteiger partial charge in [-0.25, -0.2) is 4.57 Å². The Bertz CT molecular complexity index is 1230. The summed E-state index contributed by atoms with van der Waals surface area (Å²) in [5.74, 6) is -0.834. The smallest absolute Gasteiger partial charge is 0.462 e. The predicted molar refractivity (Wildman–Crippen MR) is 270 cm³/mol. The molecule has 0 aromatic heterocycles. The molecule has 0 radical (unpaired) electrons. The lowest BCUT2D eigenvalue weighted by Crippen LogP contribution is -2.29. The molecule has 0 aliphatic rings. The summed E-state index contributed by atoms with van der Waals surface area (Å²) in [6, 6.07) is 0. The van der Waals surface area contributed by atoms with Gasteiger partial charge in [0.15, 0.2) is 6.10 Å². The van der Waals surface area contributed by atoms with Crippen LogP contribution in [0.2, 0.25) is 0 Å². The molecule has 0 bridgehead atoms. The fraction of sp³-hybridized carbons (Fsp3) is 0.778. The SMILES string of the molecule is CC/C=C\C/C=C\C/C=C\C/C=C\CCCCCCCCCCCCCCCCCCCCC(=O)OC(COC(=O)CCCCCCC/C=C\CCCCC)COP(=O)(O)OCCN. The van der Waals surface area contributed by atoms with E-state index in [1.165, 1.54) is 122 Å². The van der Waals surface area contributed by atoms with Crippen LogP contribution in [-0.4, -0.2) is 49.3 Å². The lowest BCUT2D eigenvalue weighted by atomic mass is 10.0. The highest BCUT2D eigenvalue weighted by Gasteiger charge is 2.26. The van der Waals surface area contributed by atoms with Crippen molar-refractivity contribution in [2.45, 2.75) is 245 Å². The molecule has 0 aromatic carbocycles. The molecule has 0 aliphatic heterocycles. The molecule has 0 aromatic rings. The van der Waals surface area contributed by atoms with Crippen molar-refractivity contribution in [2.24, 2.45) is 5.73 Å². The van der Waals surface area contributed by atoms with Crippen LogP contribution in [0.15, 0.2) is 60.8 Å². The Morgan fingerprint density at radius 2 is 0.859 bits per heavy atom. The summed E-state index contributed by atoms with van der Waals surface area (Å²) in [6.07, 6.45) is 61.4. The second kappa shape index (κ2) is 50.1. The van der Waals surface area contributed by atoms with E-state index in [-0.39, 0.29) is 38.6 Å². The maximum absolute atomic E-state index is 12.6. The van der Waals surface area contributed by atoms with Gasteiger partial charge in [-0.1, -0.05) is 209 Å². The van der Waals surface area contributed by atoms with E-state index in [0.29, 0.717) is 6.42 Å². The zero-order valence-electron chi connectivity index (χ0n) is 41.3. The fourth-order valence-corrected chi connectivity index (χ4v) is 8.03. The number of ether oxygens (including phenoxy) is 2. The first kappa shape index (κ1) is 61.7. The Morgan fingerprint density at radius 1 is 0.484 bits per heavy atom. The fourth-order valence-electron chi connectivity index (χ4n) is 7.27. The molecule has 0 fully saturated rings. The van der Waals surface area contributed by atoms with Crippen LogP contribution in [0.4, 0.5) is 0 Å². The van der Waals surface area contributed by atoms with Crippen molar-refractivity contribution in [3.8, 4) is 0 Å². The normalized spacial score (nSPS) is 13.6. The molecule has 0 rings (SSSR count). The van der Waals surface area contributed by atoms with Crippen LogP contribution in [0, 0.1) is 0 Å². The molecule has 2 atom stereocenters. The molecule has 0 saturated carbocycles. The summed E-state index contributed by atoms with van der Waals surface area (Å²) >= 11 is 0. The van der Waals surface area contributed by atoms with Crippen molar-refractivity contribution in [3.63, 3.8) is 0 Å². The minimum absolute atomic E-state index is 0.0520. The number of unbranched alkanes of at least 4 members (excludes halogenated alkanes) is 26. The van der Waals surface area contributed by atoms with Gasteiger partial charge in [0, 0.05) is 19.4 Å². The third kappa shape index (κ3) is 49.2. The van der Waals surface area contributed by atoms with E-state index < -0.39 is 26.5 Å². The first-order chi connectivity index (χ1) is 31.3. The molecule has 0 aliphatic carbocycles. The maximum atomic E-state index is 12.6. The Balaban J connectivity index is 3.89. The van der Waals surface area contributed by atoms with Crippen molar-refractivity contribution in [3.05, 3.63) is 60.8 Å². The van der Waals surface area contributed by atoms with E-state index in [4.69, 9.17) is 24.3 Å². The largest absolute Gasteiger partial charge is 0.472 e. The molecule has 3 N–H and O–H groups in total. The lowest BCUT2D eigenvalue weighted by molar-refractivity contribution is -0.161. The zero-order valence-corrected chi connectivity index (χ0v) is 42.2. The van der Waals surface area contributed by atoms with Gasteiger partial charge in [0.25, 0.3) is 0 Å². The van der Waals surface area contributed by atoms with Gasteiger partial charge < -0.3 is 20.1 Å². The van der Waals surface area contributed by atoms with Crippen LogP contribution in [0.3, 0.4) is 0 Å². The van der Waals surface area contributed by atoms with Gasteiger partial charge in [0.2, 0.25) is 0 Å².